The number of hydrogen-bond donors (Lipinski definition) is 0. The van der Waals surface area contributed by atoms with Crippen LogP contribution in [0.15, 0.2) is 18.6 Å². The maximum Gasteiger partial charge on any atom is 0.410 e. The van der Waals surface area contributed by atoms with Crippen LogP contribution in [0.3, 0.4) is 0 Å². The van der Waals surface area contributed by atoms with Gasteiger partial charge in [0.05, 0.1) is 25.5 Å². The summed E-state index contributed by atoms with van der Waals surface area (Å²) < 4.78 is 10.8. The highest BCUT2D eigenvalue weighted by Crippen LogP contribution is 2.17. The maximum absolute atomic E-state index is 12.3. The van der Waals surface area contributed by atoms with Crippen molar-refractivity contribution in [3.05, 3.63) is 24.3 Å². The minimum Gasteiger partial charge on any atom is -0.444 e. The second-order valence-electron chi connectivity index (χ2n) is 6.12. The second kappa shape index (κ2) is 6.83. The molecule has 1 aromatic rings. The van der Waals surface area contributed by atoms with Crippen LogP contribution in [0, 0.1) is 0 Å². The Hall–Kier alpha value is -2.02. The van der Waals surface area contributed by atoms with Crippen molar-refractivity contribution in [3.8, 4) is 0 Å². The van der Waals surface area contributed by atoms with E-state index in [1.54, 1.807) is 4.90 Å². The monoisotopic (exact) mass is 307 g/mol. The number of ketones is 1. The summed E-state index contributed by atoms with van der Waals surface area (Å²) in [6.07, 6.45) is 4.11. The Bertz CT molecular complexity index is 527. The molecular weight excluding hydrogens is 286 g/mol. The number of aromatic nitrogens is 2. The summed E-state index contributed by atoms with van der Waals surface area (Å²) in [7, 11) is 0. The number of nitrogens with zero attached hydrogens (tertiary/aromatic N) is 3. The van der Waals surface area contributed by atoms with E-state index >= 15 is 0 Å². The van der Waals surface area contributed by atoms with Crippen molar-refractivity contribution in [2.75, 3.05) is 19.8 Å². The van der Waals surface area contributed by atoms with Crippen molar-refractivity contribution >= 4 is 11.9 Å². The van der Waals surface area contributed by atoms with E-state index in [1.807, 2.05) is 20.8 Å². The SMILES string of the molecule is CC(C)(C)OC(=O)N1CCOCC1CC(=O)c1cnccn1. The predicted molar refractivity (Wildman–Crippen MR) is 78.5 cm³/mol. The van der Waals surface area contributed by atoms with Gasteiger partial charge in [-0.25, -0.2) is 9.78 Å². The minimum absolute atomic E-state index is 0.137. The topological polar surface area (TPSA) is 81.6 Å². The third-order valence-electron chi connectivity index (χ3n) is 3.13. The van der Waals surface area contributed by atoms with E-state index in [2.05, 4.69) is 9.97 Å². The molecule has 2 rings (SSSR count). The molecule has 1 aliphatic heterocycles. The Labute approximate surface area is 129 Å². The molecule has 0 radical (unpaired) electrons. The molecule has 1 unspecified atom stereocenters. The molecule has 0 aliphatic carbocycles. The zero-order valence-corrected chi connectivity index (χ0v) is 13.1. The summed E-state index contributed by atoms with van der Waals surface area (Å²) in [4.78, 5) is 33.9. The average Bonchev–Trinajstić information content (AvgIpc) is 2.47. The van der Waals surface area contributed by atoms with Gasteiger partial charge in [-0.15, -0.1) is 0 Å². The zero-order valence-electron chi connectivity index (χ0n) is 13.1. The van der Waals surface area contributed by atoms with Crippen LogP contribution in [0.25, 0.3) is 0 Å². The van der Waals surface area contributed by atoms with Crippen molar-refractivity contribution in [2.45, 2.75) is 38.8 Å². The first-order valence-electron chi connectivity index (χ1n) is 7.23. The fourth-order valence-corrected chi connectivity index (χ4v) is 2.15. The lowest BCUT2D eigenvalue weighted by Gasteiger charge is -2.36. The van der Waals surface area contributed by atoms with Gasteiger partial charge in [0.1, 0.15) is 11.3 Å². The summed E-state index contributed by atoms with van der Waals surface area (Å²) >= 11 is 0. The number of amides is 1. The molecule has 0 spiro atoms. The molecule has 0 saturated carbocycles. The average molecular weight is 307 g/mol. The summed E-state index contributed by atoms with van der Waals surface area (Å²) in [5.41, 5.74) is -0.285. The minimum atomic E-state index is -0.575. The van der Waals surface area contributed by atoms with E-state index in [9.17, 15) is 9.59 Å². The Balaban J connectivity index is 2.04. The molecule has 0 N–H and O–H groups in total. The number of carbonyl (C=O) groups is 2. The number of rotatable bonds is 3. The molecule has 1 aliphatic rings. The number of Topliss-reactive ketones (excluding diaryl/α,β-unsaturated/α-hetero) is 1. The van der Waals surface area contributed by atoms with Crippen LogP contribution in [0.2, 0.25) is 0 Å². The molecule has 22 heavy (non-hydrogen) atoms. The van der Waals surface area contributed by atoms with E-state index < -0.39 is 11.7 Å². The van der Waals surface area contributed by atoms with Crippen molar-refractivity contribution in [1.82, 2.24) is 14.9 Å². The number of morpholine rings is 1. The van der Waals surface area contributed by atoms with Crippen molar-refractivity contribution in [2.24, 2.45) is 0 Å². The quantitative estimate of drug-likeness (QED) is 0.790. The van der Waals surface area contributed by atoms with Crippen molar-refractivity contribution < 1.29 is 19.1 Å². The van der Waals surface area contributed by atoms with Crippen LogP contribution in [0.5, 0.6) is 0 Å². The molecule has 7 heteroatoms. The number of ether oxygens (including phenoxy) is 2. The third kappa shape index (κ3) is 4.49. The lowest BCUT2D eigenvalue weighted by atomic mass is 10.1. The Morgan fingerprint density at radius 2 is 2.18 bits per heavy atom. The molecule has 1 saturated heterocycles. The van der Waals surface area contributed by atoms with Crippen LogP contribution >= 0.6 is 0 Å². The molecule has 1 fully saturated rings. The van der Waals surface area contributed by atoms with Gasteiger partial charge in [0.15, 0.2) is 5.78 Å². The second-order valence-corrected chi connectivity index (χ2v) is 6.12. The van der Waals surface area contributed by atoms with Gasteiger partial charge < -0.3 is 14.4 Å². The molecule has 1 aromatic heterocycles. The Morgan fingerprint density at radius 3 is 2.82 bits per heavy atom. The van der Waals surface area contributed by atoms with Gasteiger partial charge in [-0.1, -0.05) is 0 Å². The fraction of sp³-hybridized carbons (Fsp3) is 0.600. The highest BCUT2D eigenvalue weighted by molar-refractivity contribution is 5.94. The Kier molecular flexibility index (Phi) is 5.07. The maximum atomic E-state index is 12.3. The summed E-state index contributed by atoms with van der Waals surface area (Å²) in [5, 5.41) is 0. The smallest absolute Gasteiger partial charge is 0.410 e. The molecule has 2 heterocycles. The summed E-state index contributed by atoms with van der Waals surface area (Å²) in [6.45, 7) is 6.59. The molecule has 1 amide bonds. The lowest BCUT2D eigenvalue weighted by Crippen LogP contribution is -2.51. The third-order valence-corrected chi connectivity index (χ3v) is 3.13. The van der Waals surface area contributed by atoms with E-state index in [0.29, 0.717) is 19.8 Å². The van der Waals surface area contributed by atoms with Gasteiger partial charge >= 0.3 is 6.09 Å². The summed E-state index contributed by atoms with van der Waals surface area (Å²) in [6, 6.07) is -0.349. The van der Waals surface area contributed by atoms with Crippen LogP contribution in [-0.2, 0) is 9.47 Å². The highest BCUT2D eigenvalue weighted by atomic mass is 16.6. The first-order valence-corrected chi connectivity index (χ1v) is 7.23. The molecule has 120 valence electrons. The van der Waals surface area contributed by atoms with Gasteiger partial charge in [0.25, 0.3) is 0 Å². The van der Waals surface area contributed by atoms with Gasteiger partial charge in [-0.05, 0) is 20.8 Å². The molecule has 1 atom stereocenters. The van der Waals surface area contributed by atoms with E-state index in [1.165, 1.54) is 18.6 Å². The van der Waals surface area contributed by atoms with Crippen LogP contribution < -0.4 is 0 Å². The molecule has 0 bridgehead atoms. The van der Waals surface area contributed by atoms with Crippen LogP contribution in [0.1, 0.15) is 37.7 Å². The van der Waals surface area contributed by atoms with Crippen molar-refractivity contribution in [3.63, 3.8) is 0 Å². The Morgan fingerprint density at radius 1 is 1.41 bits per heavy atom. The highest BCUT2D eigenvalue weighted by Gasteiger charge is 2.32. The summed E-state index contributed by atoms with van der Waals surface area (Å²) in [5.74, 6) is -0.169. The lowest BCUT2D eigenvalue weighted by molar-refractivity contribution is -0.0322. The zero-order chi connectivity index (χ0) is 16.2. The standard InChI is InChI=1S/C15H21N3O4/c1-15(2,3)22-14(20)18-6-7-21-10-11(18)8-13(19)12-9-16-4-5-17-12/h4-5,9,11H,6-8,10H2,1-3H3. The van der Waals surface area contributed by atoms with E-state index in [0.717, 1.165) is 0 Å². The van der Waals surface area contributed by atoms with Gasteiger partial charge in [0.2, 0.25) is 0 Å². The first kappa shape index (κ1) is 16.4. The van der Waals surface area contributed by atoms with Crippen LogP contribution in [-0.4, -0.2) is 58.1 Å². The van der Waals surface area contributed by atoms with Crippen LogP contribution in [0.4, 0.5) is 4.79 Å². The number of carbonyl (C=O) groups excluding carboxylic acids is 2. The van der Waals surface area contributed by atoms with E-state index in [4.69, 9.17) is 9.47 Å². The molecule has 7 nitrogen and oxygen atoms in total. The molecular formula is C15H21N3O4. The van der Waals surface area contributed by atoms with E-state index in [-0.39, 0.29) is 23.9 Å². The predicted octanol–water partition coefficient (Wildman–Crippen LogP) is 1.69. The van der Waals surface area contributed by atoms with Gasteiger partial charge in [0, 0.05) is 25.4 Å². The van der Waals surface area contributed by atoms with Gasteiger partial charge in [-0.3, -0.25) is 9.78 Å². The normalized spacial score (nSPS) is 18.9. The fourth-order valence-electron chi connectivity index (χ4n) is 2.15. The molecule has 0 aromatic carbocycles. The number of hydrogen-bond acceptors (Lipinski definition) is 6. The first-order chi connectivity index (χ1) is 10.4. The van der Waals surface area contributed by atoms with Gasteiger partial charge in [-0.2, -0.15) is 0 Å². The largest absolute Gasteiger partial charge is 0.444 e. The van der Waals surface area contributed by atoms with Crippen molar-refractivity contribution in [1.29, 1.82) is 0 Å².